The van der Waals surface area contributed by atoms with Crippen molar-refractivity contribution in [1.82, 2.24) is 5.32 Å². The standard InChI is InChI=1S/C16H17BrN2O2/c1-21-13-8-6-12(7-9-13)10-18-11-16(20)19-15-5-3-2-4-14(15)17/h2-9,18H,10-11H2,1H3,(H,19,20). The minimum atomic E-state index is -0.0737. The minimum absolute atomic E-state index is 0.0737. The summed E-state index contributed by atoms with van der Waals surface area (Å²) in [6, 6.07) is 15.3. The van der Waals surface area contributed by atoms with E-state index in [9.17, 15) is 4.79 Å². The second-order valence-electron chi connectivity index (χ2n) is 4.48. The predicted octanol–water partition coefficient (Wildman–Crippen LogP) is 3.19. The van der Waals surface area contributed by atoms with Gasteiger partial charge in [0.05, 0.1) is 19.3 Å². The van der Waals surface area contributed by atoms with Crippen molar-refractivity contribution in [3.8, 4) is 5.75 Å². The second kappa shape index (κ2) is 7.81. The molecule has 0 heterocycles. The number of carbonyl (C=O) groups excluding carboxylic acids is 1. The van der Waals surface area contributed by atoms with Gasteiger partial charge in [-0.25, -0.2) is 0 Å². The summed E-state index contributed by atoms with van der Waals surface area (Å²) < 4.78 is 5.97. The van der Waals surface area contributed by atoms with E-state index in [0.29, 0.717) is 6.54 Å². The lowest BCUT2D eigenvalue weighted by atomic mass is 10.2. The Bertz CT molecular complexity index is 599. The lowest BCUT2D eigenvalue weighted by Gasteiger charge is -2.08. The molecule has 2 N–H and O–H groups in total. The number of benzene rings is 2. The average molecular weight is 349 g/mol. The molecule has 0 unspecified atom stereocenters. The summed E-state index contributed by atoms with van der Waals surface area (Å²) in [5.74, 6) is 0.751. The molecule has 0 fully saturated rings. The van der Waals surface area contributed by atoms with E-state index in [1.54, 1.807) is 7.11 Å². The van der Waals surface area contributed by atoms with Crippen LogP contribution in [0.2, 0.25) is 0 Å². The van der Waals surface area contributed by atoms with E-state index in [2.05, 4.69) is 26.6 Å². The highest BCUT2D eigenvalue weighted by atomic mass is 79.9. The van der Waals surface area contributed by atoms with Crippen molar-refractivity contribution in [1.29, 1.82) is 0 Å². The lowest BCUT2D eigenvalue weighted by molar-refractivity contribution is -0.115. The maximum Gasteiger partial charge on any atom is 0.238 e. The molecule has 0 aliphatic heterocycles. The molecule has 0 bridgehead atoms. The van der Waals surface area contributed by atoms with Crippen molar-refractivity contribution in [2.24, 2.45) is 0 Å². The molecule has 0 saturated heterocycles. The van der Waals surface area contributed by atoms with Crippen LogP contribution in [0.1, 0.15) is 5.56 Å². The molecule has 0 saturated carbocycles. The number of para-hydroxylation sites is 1. The Kier molecular flexibility index (Phi) is 5.78. The Hall–Kier alpha value is -1.85. The van der Waals surface area contributed by atoms with Gasteiger partial charge in [0.2, 0.25) is 5.91 Å². The Morgan fingerprint density at radius 2 is 1.86 bits per heavy atom. The van der Waals surface area contributed by atoms with Crippen LogP contribution in [0.15, 0.2) is 53.0 Å². The molecule has 0 aliphatic carbocycles. The number of ether oxygens (including phenoxy) is 1. The first-order valence-corrected chi connectivity index (χ1v) is 7.36. The van der Waals surface area contributed by atoms with Gasteiger partial charge in [0, 0.05) is 11.0 Å². The van der Waals surface area contributed by atoms with E-state index in [4.69, 9.17) is 4.74 Å². The molecule has 1 amide bonds. The van der Waals surface area contributed by atoms with Crippen molar-refractivity contribution >= 4 is 27.5 Å². The molecule has 2 aromatic carbocycles. The van der Waals surface area contributed by atoms with Crippen LogP contribution in [-0.2, 0) is 11.3 Å². The number of anilines is 1. The molecule has 2 aromatic rings. The molecule has 110 valence electrons. The molecule has 0 radical (unpaired) electrons. The third-order valence-corrected chi connectivity index (χ3v) is 3.61. The second-order valence-corrected chi connectivity index (χ2v) is 5.33. The maximum atomic E-state index is 11.8. The highest BCUT2D eigenvalue weighted by Crippen LogP contribution is 2.20. The molecule has 2 rings (SSSR count). The zero-order chi connectivity index (χ0) is 15.1. The van der Waals surface area contributed by atoms with Gasteiger partial charge in [0.15, 0.2) is 0 Å². The van der Waals surface area contributed by atoms with Crippen molar-refractivity contribution in [3.05, 3.63) is 58.6 Å². The highest BCUT2D eigenvalue weighted by molar-refractivity contribution is 9.10. The normalized spacial score (nSPS) is 10.2. The molecule has 0 aliphatic rings. The Labute approximate surface area is 132 Å². The fourth-order valence-electron chi connectivity index (χ4n) is 1.82. The topological polar surface area (TPSA) is 50.4 Å². The minimum Gasteiger partial charge on any atom is -0.497 e. The van der Waals surface area contributed by atoms with E-state index in [0.717, 1.165) is 21.5 Å². The number of carbonyl (C=O) groups is 1. The van der Waals surface area contributed by atoms with Crippen LogP contribution in [-0.4, -0.2) is 19.6 Å². The third kappa shape index (κ3) is 4.88. The van der Waals surface area contributed by atoms with Crippen LogP contribution < -0.4 is 15.4 Å². The van der Waals surface area contributed by atoms with Crippen LogP contribution in [0.4, 0.5) is 5.69 Å². The van der Waals surface area contributed by atoms with Crippen LogP contribution in [0.3, 0.4) is 0 Å². The van der Waals surface area contributed by atoms with E-state index in [1.165, 1.54) is 0 Å². The fraction of sp³-hybridized carbons (Fsp3) is 0.188. The van der Waals surface area contributed by atoms with Gasteiger partial charge in [-0.1, -0.05) is 24.3 Å². The summed E-state index contributed by atoms with van der Waals surface area (Å²) in [5.41, 5.74) is 1.87. The quantitative estimate of drug-likeness (QED) is 0.842. The molecular weight excluding hydrogens is 332 g/mol. The SMILES string of the molecule is COc1ccc(CNCC(=O)Nc2ccccc2Br)cc1. The monoisotopic (exact) mass is 348 g/mol. The van der Waals surface area contributed by atoms with Crippen LogP contribution >= 0.6 is 15.9 Å². The maximum absolute atomic E-state index is 11.8. The van der Waals surface area contributed by atoms with Crippen molar-refractivity contribution in [2.75, 3.05) is 19.0 Å². The van der Waals surface area contributed by atoms with Crippen molar-refractivity contribution < 1.29 is 9.53 Å². The predicted molar refractivity (Wildman–Crippen MR) is 87.5 cm³/mol. The number of amides is 1. The van der Waals surface area contributed by atoms with Gasteiger partial charge in [0.25, 0.3) is 0 Å². The number of methoxy groups -OCH3 is 1. The Morgan fingerprint density at radius 1 is 1.14 bits per heavy atom. The third-order valence-electron chi connectivity index (χ3n) is 2.92. The van der Waals surface area contributed by atoms with Gasteiger partial charge in [-0.05, 0) is 45.8 Å². The van der Waals surface area contributed by atoms with E-state index >= 15 is 0 Å². The first-order valence-electron chi connectivity index (χ1n) is 6.57. The van der Waals surface area contributed by atoms with Crippen LogP contribution in [0.25, 0.3) is 0 Å². The zero-order valence-corrected chi connectivity index (χ0v) is 13.3. The molecule has 0 spiro atoms. The van der Waals surface area contributed by atoms with Gasteiger partial charge in [-0.2, -0.15) is 0 Å². The molecule has 0 atom stereocenters. The summed E-state index contributed by atoms with van der Waals surface area (Å²) in [6.45, 7) is 0.890. The summed E-state index contributed by atoms with van der Waals surface area (Å²) in [5, 5.41) is 5.96. The van der Waals surface area contributed by atoms with E-state index < -0.39 is 0 Å². The van der Waals surface area contributed by atoms with Crippen LogP contribution in [0.5, 0.6) is 5.75 Å². The molecule has 4 nitrogen and oxygen atoms in total. The first-order chi connectivity index (χ1) is 10.2. The van der Waals surface area contributed by atoms with Gasteiger partial charge in [-0.15, -0.1) is 0 Å². The van der Waals surface area contributed by atoms with Crippen molar-refractivity contribution in [2.45, 2.75) is 6.54 Å². The summed E-state index contributed by atoms with van der Waals surface area (Å²) >= 11 is 3.40. The summed E-state index contributed by atoms with van der Waals surface area (Å²) in [4.78, 5) is 11.8. The van der Waals surface area contributed by atoms with Gasteiger partial charge >= 0.3 is 0 Å². The Balaban J connectivity index is 1.77. The highest BCUT2D eigenvalue weighted by Gasteiger charge is 2.04. The summed E-state index contributed by atoms with van der Waals surface area (Å²) in [6.07, 6.45) is 0. The lowest BCUT2D eigenvalue weighted by Crippen LogP contribution is -2.27. The van der Waals surface area contributed by atoms with E-state index in [1.807, 2.05) is 48.5 Å². The summed E-state index contributed by atoms with van der Waals surface area (Å²) in [7, 11) is 1.64. The zero-order valence-electron chi connectivity index (χ0n) is 11.7. The number of hydrogen-bond acceptors (Lipinski definition) is 3. The molecule has 5 heteroatoms. The average Bonchev–Trinajstić information content (AvgIpc) is 2.50. The van der Waals surface area contributed by atoms with Gasteiger partial charge < -0.3 is 15.4 Å². The largest absolute Gasteiger partial charge is 0.497 e. The molecule has 21 heavy (non-hydrogen) atoms. The number of rotatable bonds is 6. The van der Waals surface area contributed by atoms with Crippen LogP contribution in [0, 0.1) is 0 Å². The molecule has 0 aromatic heterocycles. The number of halogens is 1. The smallest absolute Gasteiger partial charge is 0.238 e. The fourth-order valence-corrected chi connectivity index (χ4v) is 2.20. The van der Waals surface area contributed by atoms with E-state index in [-0.39, 0.29) is 12.5 Å². The first kappa shape index (κ1) is 15.5. The number of hydrogen-bond donors (Lipinski definition) is 2. The van der Waals surface area contributed by atoms with Crippen molar-refractivity contribution in [3.63, 3.8) is 0 Å². The van der Waals surface area contributed by atoms with Gasteiger partial charge in [-0.3, -0.25) is 4.79 Å². The Morgan fingerprint density at radius 3 is 2.52 bits per heavy atom. The molecular formula is C16H17BrN2O2. The number of nitrogens with one attached hydrogen (secondary N) is 2. The van der Waals surface area contributed by atoms with Gasteiger partial charge in [0.1, 0.15) is 5.75 Å².